The molecule has 5 nitrogen and oxygen atoms in total. The van der Waals surface area contributed by atoms with Crippen molar-refractivity contribution in [2.24, 2.45) is 12.9 Å². The third-order valence-electron chi connectivity index (χ3n) is 3.09. The predicted octanol–water partition coefficient (Wildman–Crippen LogP) is 1.05. The summed E-state index contributed by atoms with van der Waals surface area (Å²) in [6, 6.07) is 8.22. The Morgan fingerprint density at radius 2 is 2.16 bits per heavy atom. The number of methoxy groups -OCH3 is 1. The largest absolute Gasteiger partial charge is 0.497 e. The molecule has 0 bridgehead atoms. The van der Waals surface area contributed by atoms with E-state index in [2.05, 4.69) is 16.6 Å². The van der Waals surface area contributed by atoms with E-state index in [1.165, 1.54) is 11.1 Å². The topological polar surface area (TPSA) is 65.1 Å². The highest BCUT2D eigenvalue weighted by atomic mass is 16.5. The van der Waals surface area contributed by atoms with Crippen LogP contribution in [0.25, 0.3) is 0 Å². The van der Waals surface area contributed by atoms with Crippen LogP contribution >= 0.6 is 0 Å². The highest BCUT2D eigenvalue weighted by molar-refractivity contribution is 5.29. The molecule has 0 spiro atoms. The van der Waals surface area contributed by atoms with Crippen molar-refractivity contribution in [2.45, 2.75) is 18.9 Å². The lowest BCUT2D eigenvalue weighted by Gasteiger charge is -2.15. The normalized spacial score (nSPS) is 12.4. The van der Waals surface area contributed by atoms with E-state index in [9.17, 15) is 0 Å². The van der Waals surface area contributed by atoms with Gasteiger partial charge < -0.3 is 4.74 Å². The van der Waals surface area contributed by atoms with Gasteiger partial charge in [-0.3, -0.25) is 16.0 Å². The Labute approximate surface area is 113 Å². The second-order valence-corrected chi connectivity index (χ2v) is 4.65. The van der Waals surface area contributed by atoms with Crippen LogP contribution in [0.4, 0.5) is 0 Å². The van der Waals surface area contributed by atoms with Crippen LogP contribution in [0.1, 0.15) is 11.1 Å². The molecule has 1 atom stereocenters. The molecular weight excluding hydrogens is 240 g/mol. The molecule has 102 valence electrons. The van der Waals surface area contributed by atoms with Crippen molar-refractivity contribution < 1.29 is 4.74 Å². The van der Waals surface area contributed by atoms with Crippen molar-refractivity contribution >= 4 is 0 Å². The third kappa shape index (κ3) is 3.81. The van der Waals surface area contributed by atoms with Gasteiger partial charge >= 0.3 is 0 Å². The van der Waals surface area contributed by atoms with E-state index >= 15 is 0 Å². The Balaban J connectivity index is 2.01. The lowest BCUT2D eigenvalue weighted by atomic mass is 10.0. The van der Waals surface area contributed by atoms with E-state index in [0.717, 1.165) is 18.6 Å². The molecule has 0 saturated carbocycles. The first kappa shape index (κ1) is 13.6. The van der Waals surface area contributed by atoms with Crippen LogP contribution in [0, 0.1) is 0 Å². The summed E-state index contributed by atoms with van der Waals surface area (Å²) in [5.74, 6) is 6.51. The van der Waals surface area contributed by atoms with Crippen LogP contribution in [0.5, 0.6) is 5.75 Å². The summed E-state index contributed by atoms with van der Waals surface area (Å²) < 4.78 is 7.03. The first-order valence-corrected chi connectivity index (χ1v) is 6.28. The number of hydrogen-bond acceptors (Lipinski definition) is 4. The SMILES string of the molecule is COc1cccc(CC(Cc2cnn(C)c2)NN)c1. The number of rotatable bonds is 6. The van der Waals surface area contributed by atoms with Gasteiger partial charge in [0.05, 0.1) is 13.3 Å². The summed E-state index contributed by atoms with van der Waals surface area (Å²) in [5, 5.41) is 4.17. The Bertz CT molecular complexity index is 524. The van der Waals surface area contributed by atoms with Gasteiger partial charge in [0.15, 0.2) is 0 Å². The molecule has 5 heteroatoms. The number of aromatic nitrogens is 2. The first-order chi connectivity index (χ1) is 9.21. The molecule has 1 unspecified atom stereocenters. The zero-order valence-electron chi connectivity index (χ0n) is 11.3. The summed E-state index contributed by atoms with van der Waals surface area (Å²) in [6.45, 7) is 0. The fourth-order valence-electron chi connectivity index (χ4n) is 2.14. The van der Waals surface area contributed by atoms with Gasteiger partial charge in [0.1, 0.15) is 5.75 Å². The molecular formula is C14H20N4O. The number of nitrogens with zero attached hydrogens (tertiary/aromatic N) is 2. The highest BCUT2D eigenvalue weighted by Crippen LogP contribution is 2.15. The zero-order valence-corrected chi connectivity index (χ0v) is 11.3. The number of hydrogen-bond donors (Lipinski definition) is 2. The van der Waals surface area contributed by atoms with E-state index < -0.39 is 0 Å². The molecule has 0 aliphatic rings. The minimum Gasteiger partial charge on any atom is -0.497 e. The fourth-order valence-corrected chi connectivity index (χ4v) is 2.14. The molecule has 0 radical (unpaired) electrons. The van der Waals surface area contributed by atoms with Crippen molar-refractivity contribution in [3.63, 3.8) is 0 Å². The molecule has 0 amide bonds. The van der Waals surface area contributed by atoms with E-state index in [-0.39, 0.29) is 6.04 Å². The second kappa shape index (κ2) is 6.36. The first-order valence-electron chi connectivity index (χ1n) is 6.28. The van der Waals surface area contributed by atoms with Gasteiger partial charge in [0.2, 0.25) is 0 Å². The summed E-state index contributed by atoms with van der Waals surface area (Å²) in [6.07, 6.45) is 5.58. The second-order valence-electron chi connectivity index (χ2n) is 4.65. The maximum absolute atomic E-state index is 5.64. The Morgan fingerprint density at radius 3 is 2.79 bits per heavy atom. The van der Waals surface area contributed by atoms with Gasteiger partial charge in [0, 0.05) is 19.3 Å². The van der Waals surface area contributed by atoms with Crippen LogP contribution in [0.15, 0.2) is 36.7 Å². The minimum atomic E-state index is 0.177. The summed E-state index contributed by atoms with van der Waals surface area (Å²) in [5.41, 5.74) is 5.24. The molecule has 2 rings (SSSR count). The smallest absolute Gasteiger partial charge is 0.119 e. The monoisotopic (exact) mass is 260 g/mol. The molecule has 0 saturated heterocycles. The molecule has 19 heavy (non-hydrogen) atoms. The number of ether oxygens (including phenoxy) is 1. The summed E-state index contributed by atoms with van der Waals surface area (Å²) >= 11 is 0. The number of nitrogens with one attached hydrogen (secondary N) is 1. The standard InChI is InChI=1S/C14H20N4O/c1-18-10-12(9-16-18)7-13(17-15)6-11-4-3-5-14(8-11)19-2/h3-5,8-10,13,17H,6-7,15H2,1-2H3. The van der Waals surface area contributed by atoms with E-state index in [1.807, 2.05) is 37.6 Å². The van der Waals surface area contributed by atoms with Crippen LogP contribution in [0.2, 0.25) is 0 Å². The van der Waals surface area contributed by atoms with Crippen LogP contribution in [-0.2, 0) is 19.9 Å². The quantitative estimate of drug-likeness (QED) is 0.602. The van der Waals surface area contributed by atoms with Crippen LogP contribution in [-0.4, -0.2) is 22.9 Å². The van der Waals surface area contributed by atoms with Gasteiger partial charge in [-0.05, 0) is 36.1 Å². The molecule has 0 aliphatic carbocycles. The molecule has 3 N–H and O–H groups in total. The third-order valence-corrected chi connectivity index (χ3v) is 3.09. The average Bonchev–Trinajstić information content (AvgIpc) is 2.83. The molecule has 1 aromatic carbocycles. The molecule has 2 aromatic rings. The zero-order chi connectivity index (χ0) is 13.7. The molecule has 0 aliphatic heterocycles. The molecule has 1 aromatic heterocycles. The van der Waals surface area contributed by atoms with Gasteiger partial charge in [0.25, 0.3) is 0 Å². The van der Waals surface area contributed by atoms with Crippen molar-refractivity contribution in [1.82, 2.24) is 15.2 Å². The van der Waals surface area contributed by atoms with Crippen LogP contribution < -0.4 is 16.0 Å². The lowest BCUT2D eigenvalue weighted by molar-refractivity contribution is 0.413. The Morgan fingerprint density at radius 1 is 1.37 bits per heavy atom. The van der Waals surface area contributed by atoms with Crippen LogP contribution in [0.3, 0.4) is 0 Å². The van der Waals surface area contributed by atoms with Crippen molar-refractivity contribution in [2.75, 3.05) is 7.11 Å². The molecule has 1 heterocycles. The van der Waals surface area contributed by atoms with Crippen molar-refractivity contribution in [3.8, 4) is 5.75 Å². The van der Waals surface area contributed by atoms with Crippen molar-refractivity contribution in [1.29, 1.82) is 0 Å². The number of benzene rings is 1. The Hall–Kier alpha value is -1.85. The van der Waals surface area contributed by atoms with Gasteiger partial charge in [-0.15, -0.1) is 0 Å². The maximum atomic E-state index is 5.64. The fraction of sp³-hybridized carbons (Fsp3) is 0.357. The maximum Gasteiger partial charge on any atom is 0.119 e. The number of hydrazine groups is 1. The van der Waals surface area contributed by atoms with Gasteiger partial charge in [-0.25, -0.2) is 0 Å². The number of aryl methyl sites for hydroxylation is 1. The summed E-state index contributed by atoms with van der Waals surface area (Å²) in [7, 11) is 3.59. The van der Waals surface area contributed by atoms with Gasteiger partial charge in [-0.1, -0.05) is 12.1 Å². The van der Waals surface area contributed by atoms with E-state index in [0.29, 0.717) is 0 Å². The summed E-state index contributed by atoms with van der Waals surface area (Å²) in [4.78, 5) is 0. The Kier molecular flexibility index (Phi) is 4.54. The van der Waals surface area contributed by atoms with E-state index in [4.69, 9.17) is 10.6 Å². The molecule has 0 fully saturated rings. The van der Waals surface area contributed by atoms with E-state index in [1.54, 1.807) is 11.8 Å². The number of nitrogens with two attached hydrogens (primary N) is 1. The highest BCUT2D eigenvalue weighted by Gasteiger charge is 2.10. The average molecular weight is 260 g/mol. The predicted molar refractivity (Wildman–Crippen MR) is 74.7 cm³/mol. The van der Waals surface area contributed by atoms with Gasteiger partial charge in [-0.2, -0.15) is 5.10 Å². The van der Waals surface area contributed by atoms with Crippen molar-refractivity contribution in [3.05, 3.63) is 47.8 Å². The lowest BCUT2D eigenvalue weighted by Crippen LogP contribution is -2.38. The minimum absolute atomic E-state index is 0.177.